The van der Waals surface area contributed by atoms with Crippen molar-refractivity contribution >= 4 is 22.7 Å². The minimum absolute atomic E-state index is 0.252. The van der Waals surface area contributed by atoms with Gasteiger partial charge in [0.25, 0.3) is 0 Å². The lowest BCUT2D eigenvalue weighted by molar-refractivity contribution is 0.140. The van der Waals surface area contributed by atoms with Gasteiger partial charge in [0.05, 0.1) is 12.1 Å². The van der Waals surface area contributed by atoms with Gasteiger partial charge < -0.3 is 14.6 Å². The Balaban J connectivity index is 1.70. The van der Waals surface area contributed by atoms with Crippen LogP contribution in [-0.2, 0) is 0 Å². The summed E-state index contributed by atoms with van der Waals surface area (Å²) in [4.78, 5) is 4.67. The lowest BCUT2D eigenvalue weighted by Crippen LogP contribution is -2.29. The van der Waals surface area contributed by atoms with Crippen molar-refractivity contribution in [3.05, 3.63) is 48.3 Å². The molecule has 5 heteroatoms. The molecule has 3 aromatic rings. The van der Waals surface area contributed by atoms with Gasteiger partial charge in [-0.25, -0.2) is 9.37 Å². The lowest BCUT2D eigenvalue weighted by atomic mass is 9.70. The van der Waals surface area contributed by atoms with Crippen LogP contribution in [0.25, 0.3) is 11.0 Å². The molecular weight excluding hydrogens is 377 g/mol. The molecule has 4 nitrogen and oxygen atoms in total. The number of nitrogens with zero attached hydrogens (tertiary/aromatic N) is 2. The summed E-state index contributed by atoms with van der Waals surface area (Å²) in [6.07, 6.45) is 4.32. The fourth-order valence-electron chi connectivity index (χ4n) is 5.02. The molecule has 1 saturated carbocycles. The average molecular weight is 410 g/mol. The maximum Gasteiger partial charge on any atom is 0.208 e. The Morgan fingerprint density at radius 2 is 1.93 bits per heavy atom. The standard InChI is InChI=1S/C25H32FN3O/c1-5-13-30-20-11-9-18(10-12-20)27-24-28-23-21(26)7-6-8-22(23)29(24)19-14-17(2)15-25(3,4)16-19/h6-12,17,19H,5,13-16H2,1-4H3,(H,27,28)/t17-,19+/m1/s1. The van der Waals surface area contributed by atoms with Gasteiger partial charge >= 0.3 is 0 Å². The Hall–Kier alpha value is -2.56. The van der Waals surface area contributed by atoms with Crippen molar-refractivity contribution in [3.63, 3.8) is 0 Å². The van der Waals surface area contributed by atoms with Crippen molar-refractivity contribution in [1.82, 2.24) is 9.55 Å². The highest BCUT2D eigenvalue weighted by Crippen LogP contribution is 2.46. The maximum atomic E-state index is 14.6. The number of halogens is 1. The Bertz CT molecular complexity index is 1010. The SMILES string of the molecule is CCCOc1ccc(Nc2nc3c(F)cccc3n2[C@H]2C[C@@H](C)CC(C)(C)C2)cc1. The number of hydrogen-bond acceptors (Lipinski definition) is 3. The van der Waals surface area contributed by atoms with Gasteiger partial charge in [0.2, 0.25) is 5.95 Å². The van der Waals surface area contributed by atoms with E-state index in [9.17, 15) is 4.39 Å². The number of benzene rings is 2. The maximum absolute atomic E-state index is 14.6. The molecule has 0 spiro atoms. The van der Waals surface area contributed by atoms with E-state index in [4.69, 9.17) is 4.74 Å². The van der Waals surface area contributed by atoms with E-state index in [0.29, 0.717) is 24.0 Å². The second-order valence-corrected chi connectivity index (χ2v) is 9.48. The molecule has 1 aromatic heterocycles. The van der Waals surface area contributed by atoms with Crippen LogP contribution in [-0.4, -0.2) is 16.2 Å². The molecule has 0 amide bonds. The largest absolute Gasteiger partial charge is 0.494 e. The molecule has 1 aliphatic carbocycles. The number of anilines is 2. The minimum atomic E-state index is -0.277. The van der Waals surface area contributed by atoms with Crippen molar-refractivity contribution in [2.24, 2.45) is 11.3 Å². The van der Waals surface area contributed by atoms with Gasteiger partial charge in [-0.1, -0.05) is 33.8 Å². The predicted molar refractivity (Wildman–Crippen MR) is 121 cm³/mol. The summed E-state index contributed by atoms with van der Waals surface area (Å²) in [5, 5.41) is 3.44. The van der Waals surface area contributed by atoms with E-state index in [1.807, 2.05) is 30.3 Å². The third-order valence-electron chi connectivity index (χ3n) is 5.98. The number of aromatic nitrogens is 2. The number of ether oxygens (including phenoxy) is 1. The fourth-order valence-corrected chi connectivity index (χ4v) is 5.02. The molecule has 2 aromatic carbocycles. The van der Waals surface area contributed by atoms with Crippen LogP contribution >= 0.6 is 0 Å². The lowest BCUT2D eigenvalue weighted by Gasteiger charge is -2.40. The van der Waals surface area contributed by atoms with Gasteiger partial charge in [-0.2, -0.15) is 0 Å². The monoisotopic (exact) mass is 409 g/mol. The van der Waals surface area contributed by atoms with Crippen molar-refractivity contribution in [1.29, 1.82) is 0 Å². The van der Waals surface area contributed by atoms with Crippen molar-refractivity contribution in [2.45, 2.75) is 59.4 Å². The zero-order valence-corrected chi connectivity index (χ0v) is 18.4. The molecule has 0 unspecified atom stereocenters. The van der Waals surface area contributed by atoms with E-state index in [2.05, 4.69) is 42.6 Å². The van der Waals surface area contributed by atoms with Crippen LogP contribution in [0.2, 0.25) is 0 Å². The Morgan fingerprint density at radius 1 is 1.17 bits per heavy atom. The molecule has 1 fully saturated rings. The van der Waals surface area contributed by atoms with Crippen molar-refractivity contribution in [2.75, 3.05) is 11.9 Å². The molecule has 0 radical (unpaired) electrons. The number of rotatable bonds is 6. The molecule has 2 atom stereocenters. The highest BCUT2D eigenvalue weighted by Gasteiger charge is 2.34. The highest BCUT2D eigenvalue weighted by atomic mass is 19.1. The van der Waals surface area contributed by atoms with Crippen LogP contribution < -0.4 is 10.1 Å². The average Bonchev–Trinajstić information content (AvgIpc) is 3.05. The van der Waals surface area contributed by atoms with Gasteiger partial charge in [0.1, 0.15) is 11.3 Å². The summed E-state index contributed by atoms with van der Waals surface area (Å²) in [5.74, 6) is 1.89. The van der Waals surface area contributed by atoms with Crippen LogP contribution in [0.3, 0.4) is 0 Å². The molecule has 160 valence electrons. The van der Waals surface area contributed by atoms with E-state index in [0.717, 1.165) is 36.2 Å². The molecule has 30 heavy (non-hydrogen) atoms. The molecule has 4 rings (SSSR count). The van der Waals surface area contributed by atoms with Crippen molar-refractivity contribution < 1.29 is 9.13 Å². The minimum Gasteiger partial charge on any atom is -0.494 e. The summed E-state index contributed by atoms with van der Waals surface area (Å²) in [7, 11) is 0. The van der Waals surface area contributed by atoms with Gasteiger partial charge in [0.15, 0.2) is 5.82 Å². The molecule has 0 bridgehead atoms. The summed E-state index contributed by atoms with van der Waals surface area (Å²) in [6.45, 7) is 9.77. The quantitative estimate of drug-likeness (QED) is 0.472. The van der Waals surface area contributed by atoms with E-state index in [-0.39, 0.29) is 17.3 Å². The van der Waals surface area contributed by atoms with Crippen LogP contribution in [0.5, 0.6) is 5.75 Å². The van der Waals surface area contributed by atoms with E-state index in [1.54, 1.807) is 6.07 Å². The molecule has 1 aliphatic rings. The fraction of sp³-hybridized carbons (Fsp3) is 0.480. The topological polar surface area (TPSA) is 39.1 Å². The summed E-state index contributed by atoms with van der Waals surface area (Å²) < 4.78 is 22.5. The predicted octanol–water partition coefficient (Wildman–Crippen LogP) is 7.10. The number of nitrogens with one attached hydrogen (secondary N) is 1. The molecule has 0 aliphatic heterocycles. The Kier molecular flexibility index (Phi) is 5.72. The number of imidazole rings is 1. The molecular formula is C25H32FN3O. The van der Waals surface area contributed by atoms with E-state index >= 15 is 0 Å². The Morgan fingerprint density at radius 3 is 2.63 bits per heavy atom. The first-order chi connectivity index (χ1) is 14.4. The first kappa shape index (κ1) is 20.7. The second-order valence-electron chi connectivity index (χ2n) is 9.48. The van der Waals surface area contributed by atoms with E-state index < -0.39 is 0 Å². The van der Waals surface area contributed by atoms with Crippen LogP contribution in [0.4, 0.5) is 16.0 Å². The zero-order valence-electron chi connectivity index (χ0n) is 18.4. The molecule has 1 N–H and O–H groups in total. The number of para-hydroxylation sites is 1. The van der Waals surface area contributed by atoms with Crippen LogP contribution in [0.1, 0.15) is 59.4 Å². The number of fused-ring (bicyclic) bond motifs is 1. The summed E-state index contributed by atoms with van der Waals surface area (Å²) in [5.41, 5.74) is 2.45. The molecule has 1 heterocycles. The van der Waals surface area contributed by atoms with E-state index in [1.165, 1.54) is 12.5 Å². The first-order valence-corrected chi connectivity index (χ1v) is 11.0. The van der Waals surface area contributed by atoms with Crippen LogP contribution in [0.15, 0.2) is 42.5 Å². The van der Waals surface area contributed by atoms with Gasteiger partial charge in [-0.3, -0.25) is 0 Å². The van der Waals surface area contributed by atoms with Crippen molar-refractivity contribution in [3.8, 4) is 5.75 Å². The second kappa shape index (κ2) is 8.29. The zero-order chi connectivity index (χ0) is 21.3. The number of hydrogen-bond donors (Lipinski definition) is 1. The van der Waals surface area contributed by atoms with Gasteiger partial charge in [-0.05, 0) is 73.4 Å². The highest BCUT2D eigenvalue weighted by molar-refractivity contribution is 5.80. The first-order valence-electron chi connectivity index (χ1n) is 11.0. The Labute approximate surface area is 178 Å². The third kappa shape index (κ3) is 4.30. The summed E-state index contributed by atoms with van der Waals surface area (Å²) >= 11 is 0. The third-order valence-corrected chi connectivity index (χ3v) is 5.98. The van der Waals surface area contributed by atoms with Gasteiger partial charge in [0, 0.05) is 11.7 Å². The van der Waals surface area contributed by atoms with Crippen LogP contribution in [0, 0.1) is 17.2 Å². The normalized spacial score (nSPS) is 21.0. The smallest absolute Gasteiger partial charge is 0.208 e. The summed E-state index contributed by atoms with van der Waals surface area (Å²) in [6, 6.07) is 13.4. The van der Waals surface area contributed by atoms with Gasteiger partial charge in [-0.15, -0.1) is 0 Å². The molecule has 0 saturated heterocycles.